The van der Waals surface area contributed by atoms with Crippen LogP contribution in [0.1, 0.15) is 20.2 Å². The van der Waals surface area contributed by atoms with E-state index in [-0.39, 0.29) is 5.91 Å². The van der Waals surface area contributed by atoms with Gasteiger partial charge in [0.25, 0.3) is 5.91 Å². The molecule has 128 valence electrons. The minimum atomic E-state index is -0.0800. The minimum Gasteiger partial charge on any atom is -0.376 e. The summed E-state index contributed by atoms with van der Waals surface area (Å²) < 4.78 is 5.98. The zero-order valence-electron chi connectivity index (χ0n) is 13.6. The smallest absolute Gasteiger partial charge is 0.270 e. The van der Waals surface area contributed by atoms with Gasteiger partial charge in [-0.25, -0.2) is 4.98 Å². The Kier molecular flexibility index (Phi) is 4.67. The van der Waals surface area contributed by atoms with Crippen LogP contribution in [0.25, 0.3) is 0 Å². The Labute approximate surface area is 149 Å². The van der Waals surface area contributed by atoms with Crippen LogP contribution in [0.15, 0.2) is 23.0 Å². The van der Waals surface area contributed by atoms with Crippen LogP contribution >= 0.6 is 22.7 Å². The molecule has 3 atom stereocenters. The number of thiazole rings is 1. The van der Waals surface area contributed by atoms with Crippen LogP contribution < -0.4 is 5.32 Å². The van der Waals surface area contributed by atoms with Crippen LogP contribution in [-0.2, 0) is 11.3 Å². The second kappa shape index (κ2) is 6.92. The average molecular weight is 364 g/mol. The molecule has 1 N–H and O–H groups in total. The third kappa shape index (κ3) is 3.39. The van der Waals surface area contributed by atoms with E-state index in [1.165, 1.54) is 21.1 Å². The monoisotopic (exact) mass is 363 g/mol. The number of aromatic nitrogens is 1. The van der Waals surface area contributed by atoms with Gasteiger partial charge in [-0.2, -0.15) is 0 Å². The normalized spacial score (nSPS) is 26.6. The molecule has 0 aliphatic carbocycles. The van der Waals surface area contributed by atoms with E-state index >= 15 is 0 Å². The molecule has 24 heavy (non-hydrogen) atoms. The molecule has 7 heteroatoms. The van der Waals surface area contributed by atoms with Crippen molar-refractivity contribution in [3.05, 3.63) is 38.5 Å². The van der Waals surface area contributed by atoms with Crippen molar-refractivity contribution in [2.45, 2.75) is 19.6 Å². The molecule has 2 saturated heterocycles. The molecule has 0 unspecified atom stereocenters. The number of carbonyl (C=O) groups excluding carboxylic acids is 1. The Balaban J connectivity index is 1.30. The Bertz CT molecular complexity index is 701. The summed E-state index contributed by atoms with van der Waals surface area (Å²) in [6, 6.07) is 4.41. The fourth-order valence-corrected chi connectivity index (χ4v) is 5.11. The SMILES string of the molecule is Cc1ccc(CN2C[C@@H]3[C@@H](CNC(=O)c4cscn4)CO[C@@H]3C2)s1. The highest BCUT2D eigenvalue weighted by Crippen LogP contribution is 2.34. The second-order valence-electron chi connectivity index (χ2n) is 6.59. The molecule has 2 aromatic heterocycles. The first kappa shape index (κ1) is 16.2. The number of nitrogens with zero attached hydrogens (tertiary/aromatic N) is 2. The molecule has 0 bridgehead atoms. The van der Waals surface area contributed by atoms with Crippen molar-refractivity contribution < 1.29 is 9.53 Å². The Morgan fingerprint density at radius 1 is 1.46 bits per heavy atom. The number of amides is 1. The number of ether oxygens (including phenoxy) is 1. The van der Waals surface area contributed by atoms with Gasteiger partial charge in [-0.05, 0) is 19.1 Å². The van der Waals surface area contributed by atoms with Crippen molar-refractivity contribution in [1.82, 2.24) is 15.2 Å². The highest BCUT2D eigenvalue weighted by molar-refractivity contribution is 7.11. The number of fused-ring (bicyclic) bond motifs is 1. The number of hydrogen-bond acceptors (Lipinski definition) is 6. The molecule has 2 aliphatic rings. The van der Waals surface area contributed by atoms with Gasteiger partial charge in [0.05, 0.1) is 18.2 Å². The van der Waals surface area contributed by atoms with E-state index in [9.17, 15) is 4.79 Å². The Morgan fingerprint density at radius 2 is 2.38 bits per heavy atom. The third-order valence-corrected chi connectivity index (χ3v) is 6.45. The van der Waals surface area contributed by atoms with Crippen LogP contribution in [0.3, 0.4) is 0 Å². The summed E-state index contributed by atoms with van der Waals surface area (Å²) >= 11 is 3.31. The maximum absolute atomic E-state index is 12.0. The maximum Gasteiger partial charge on any atom is 0.270 e. The summed E-state index contributed by atoms with van der Waals surface area (Å²) in [6.45, 7) is 6.63. The van der Waals surface area contributed by atoms with Gasteiger partial charge in [0.15, 0.2) is 0 Å². The number of carbonyl (C=O) groups is 1. The lowest BCUT2D eigenvalue weighted by Gasteiger charge is -2.19. The van der Waals surface area contributed by atoms with Gasteiger partial charge in [0.2, 0.25) is 0 Å². The van der Waals surface area contributed by atoms with Crippen LogP contribution in [-0.4, -0.2) is 48.1 Å². The standard InChI is InChI=1S/C17H21N3O2S2/c1-11-2-3-13(24-11)5-20-6-14-12(8-22-16(14)7-20)4-18-17(21)15-9-23-10-19-15/h2-3,9-10,12,14,16H,4-8H2,1H3,(H,18,21)/t12-,14+,16+/m0/s1. The van der Waals surface area contributed by atoms with Gasteiger partial charge in [-0.1, -0.05) is 0 Å². The van der Waals surface area contributed by atoms with Crippen LogP contribution in [0, 0.1) is 18.8 Å². The molecule has 4 rings (SSSR count). The lowest BCUT2D eigenvalue weighted by atomic mass is 9.93. The predicted octanol–water partition coefficient (Wildman–Crippen LogP) is 2.39. The molecule has 4 heterocycles. The third-order valence-electron chi connectivity index (χ3n) is 4.88. The van der Waals surface area contributed by atoms with E-state index < -0.39 is 0 Å². The van der Waals surface area contributed by atoms with Gasteiger partial charge < -0.3 is 10.1 Å². The van der Waals surface area contributed by atoms with Crippen molar-refractivity contribution in [3.63, 3.8) is 0 Å². The van der Waals surface area contributed by atoms with E-state index in [2.05, 4.69) is 34.3 Å². The highest BCUT2D eigenvalue weighted by Gasteiger charge is 2.43. The van der Waals surface area contributed by atoms with Crippen LogP contribution in [0.4, 0.5) is 0 Å². The first-order chi connectivity index (χ1) is 11.7. The minimum absolute atomic E-state index is 0.0800. The fraction of sp³-hybridized carbons (Fsp3) is 0.529. The van der Waals surface area contributed by atoms with Crippen molar-refractivity contribution in [2.75, 3.05) is 26.2 Å². The van der Waals surface area contributed by atoms with Crippen LogP contribution in [0.5, 0.6) is 0 Å². The lowest BCUT2D eigenvalue weighted by Crippen LogP contribution is -2.34. The van der Waals surface area contributed by atoms with E-state index in [0.29, 0.717) is 30.2 Å². The quantitative estimate of drug-likeness (QED) is 0.886. The number of nitrogens with one attached hydrogen (secondary N) is 1. The summed E-state index contributed by atoms with van der Waals surface area (Å²) in [5.41, 5.74) is 2.20. The number of thiophene rings is 1. The van der Waals surface area contributed by atoms with Crippen molar-refractivity contribution in [1.29, 1.82) is 0 Å². The van der Waals surface area contributed by atoms with Crippen molar-refractivity contribution in [3.8, 4) is 0 Å². The second-order valence-corrected chi connectivity index (χ2v) is 8.68. The molecular weight excluding hydrogens is 342 g/mol. The fourth-order valence-electron chi connectivity index (χ4n) is 3.65. The van der Waals surface area contributed by atoms with E-state index in [1.807, 2.05) is 11.3 Å². The summed E-state index contributed by atoms with van der Waals surface area (Å²) in [4.78, 5) is 21.4. The summed E-state index contributed by atoms with van der Waals surface area (Å²) in [5, 5.41) is 4.80. The van der Waals surface area contributed by atoms with Crippen LogP contribution in [0.2, 0.25) is 0 Å². The molecule has 0 radical (unpaired) electrons. The average Bonchev–Trinajstić information content (AvgIpc) is 3.30. The number of likely N-dealkylation sites (tertiary alicyclic amines) is 1. The number of hydrogen-bond donors (Lipinski definition) is 1. The first-order valence-electron chi connectivity index (χ1n) is 8.24. The molecule has 1 amide bonds. The van der Waals surface area contributed by atoms with Crippen molar-refractivity contribution >= 4 is 28.6 Å². The van der Waals surface area contributed by atoms with E-state index in [4.69, 9.17) is 4.74 Å². The Morgan fingerprint density at radius 3 is 3.12 bits per heavy atom. The van der Waals surface area contributed by atoms with Gasteiger partial charge in [-0.3, -0.25) is 9.69 Å². The molecule has 0 saturated carbocycles. The molecule has 5 nitrogen and oxygen atoms in total. The predicted molar refractivity (Wildman–Crippen MR) is 95.5 cm³/mol. The zero-order valence-corrected chi connectivity index (χ0v) is 15.2. The molecule has 0 aromatic carbocycles. The lowest BCUT2D eigenvalue weighted by molar-refractivity contribution is 0.0902. The molecular formula is C17H21N3O2S2. The van der Waals surface area contributed by atoms with Gasteiger partial charge in [0, 0.05) is 53.1 Å². The Hall–Kier alpha value is -1.28. The molecule has 0 spiro atoms. The summed E-state index contributed by atoms with van der Waals surface area (Å²) in [6.07, 6.45) is 0.312. The van der Waals surface area contributed by atoms with Crippen molar-refractivity contribution in [2.24, 2.45) is 11.8 Å². The van der Waals surface area contributed by atoms with E-state index in [0.717, 1.165) is 26.2 Å². The summed E-state index contributed by atoms with van der Waals surface area (Å²) in [5.74, 6) is 0.832. The van der Waals surface area contributed by atoms with Gasteiger partial charge >= 0.3 is 0 Å². The molecule has 2 aromatic rings. The molecule has 2 fully saturated rings. The highest BCUT2D eigenvalue weighted by atomic mass is 32.1. The largest absolute Gasteiger partial charge is 0.376 e. The zero-order chi connectivity index (χ0) is 16.5. The maximum atomic E-state index is 12.0. The first-order valence-corrected chi connectivity index (χ1v) is 10.0. The number of rotatable bonds is 5. The van der Waals surface area contributed by atoms with Gasteiger partial charge in [-0.15, -0.1) is 22.7 Å². The summed E-state index contributed by atoms with van der Waals surface area (Å²) in [7, 11) is 0. The number of aryl methyl sites for hydroxylation is 1. The topological polar surface area (TPSA) is 54.5 Å². The van der Waals surface area contributed by atoms with E-state index in [1.54, 1.807) is 10.9 Å². The van der Waals surface area contributed by atoms with Gasteiger partial charge in [0.1, 0.15) is 5.69 Å². The molecule has 2 aliphatic heterocycles.